The first-order valence-corrected chi connectivity index (χ1v) is 6.44. The van der Waals surface area contributed by atoms with Gasteiger partial charge in [-0.2, -0.15) is 0 Å². The Labute approximate surface area is 116 Å². The zero-order valence-corrected chi connectivity index (χ0v) is 11.1. The second-order valence-electron chi connectivity index (χ2n) is 4.61. The van der Waals surface area contributed by atoms with Gasteiger partial charge >= 0.3 is 5.97 Å². The molecular formula is C13H18FN3O3. The number of carbonyl (C=O) groups is 1. The summed E-state index contributed by atoms with van der Waals surface area (Å²) in [4.78, 5) is 13.0. The van der Waals surface area contributed by atoms with Crippen LogP contribution in [0.15, 0.2) is 12.1 Å². The molecule has 110 valence electrons. The minimum atomic E-state index is -1.32. The Bertz CT molecular complexity index is 490. The van der Waals surface area contributed by atoms with Crippen LogP contribution in [0.5, 0.6) is 0 Å². The van der Waals surface area contributed by atoms with Crippen LogP contribution in [0.1, 0.15) is 10.4 Å². The summed E-state index contributed by atoms with van der Waals surface area (Å²) in [6.45, 7) is 4.61. The average Bonchev–Trinajstić information content (AvgIpc) is 2.43. The van der Waals surface area contributed by atoms with Crippen LogP contribution in [0.3, 0.4) is 0 Å². The number of nitrogens with zero attached hydrogens (tertiary/aromatic N) is 1. The maximum atomic E-state index is 13.6. The predicted octanol–water partition coefficient (Wildman–Crippen LogP) is 0.850. The van der Waals surface area contributed by atoms with E-state index in [1.165, 1.54) is 0 Å². The number of hydrogen-bond donors (Lipinski definition) is 3. The number of nitrogen functional groups attached to an aromatic ring is 1. The van der Waals surface area contributed by atoms with Gasteiger partial charge in [0.25, 0.3) is 0 Å². The number of benzene rings is 1. The van der Waals surface area contributed by atoms with Crippen LogP contribution >= 0.6 is 0 Å². The summed E-state index contributed by atoms with van der Waals surface area (Å²) >= 11 is 0. The molecule has 1 aliphatic rings. The lowest BCUT2D eigenvalue weighted by Gasteiger charge is -2.26. The molecule has 6 nitrogen and oxygen atoms in total. The van der Waals surface area contributed by atoms with Crippen molar-refractivity contribution in [3.8, 4) is 0 Å². The lowest BCUT2D eigenvalue weighted by Crippen LogP contribution is -2.39. The zero-order chi connectivity index (χ0) is 14.5. The number of nitrogens with two attached hydrogens (primary N) is 1. The Morgan fingerprint density at radius 1 is 1.45 bits per heavy atom. The van der Waals surface area contributed by atoms with Crippen molar-refractivity contribution in [1.29, 1.82) is 0 Å². The van der Waals surface area contributed by atoms with Gasteiger partial charge in [-0.3, -0.25) is 4.90 Å². The summed E-state index contributed by atoms with van der Waals surface area (Å²) in [5.41, 5.74) is 5.95. The molecule has 1 aliphatic heterocycles. The van der Waals surface area contributed by atoms with E-state index in [0.717, 1.165) is 45.0 Å². The van der Waals surface area contributed by atoms with Crippen molar-refractivity contribution in [1.82, 2.24) is 4.90 Å². The fourth-order valence-corrected chi connectivity index (χ4v) is 2.08. The molecule has 1 aromatic carbocycles. The molecule has 0 spiro atoms. The molecule has 1 fully saturated rings. The van der Waals surface area contributed by atoms with Gasteiger partial charge in [0.15, 0.2) is 0 Å². The number of halogens is 1. The van der Waals surface area contributed by atoms with E-state index in [0.29, 0.717) is 12.2 Å². The number of carboxylic acids is 1. The minimum Gasteiger partial charge on any atom is -0.478 e. The minimum absolute atomic E-state index is 0.228. The van der Waals surface area contributed by atoms with Gasteiger partial charge in [-0.05, 0) is 12.1 Å². The number of nitrogens with one attached hydrogen (secondary N) is 1. The molecule has 20 heavy (non-hydrogen) atoms. The second-order valence-corrected chi connectivity index (χ2v) is 4.61. The summed E-state index contributed by atoms with van der Waals surface area (Å²) in [6.07, 6.45) is 0. The Morgan fingerprint density at radius 2 is 2.15 bits per heavy atom. The van der Waals surface area contributed by atoms with E-state index < -0.39 is 17.3 Å². The summed E-state index contributed by atoms with van der Waals surface area (Å²) in [5, 5.41) is 11.8. The van der Waals surface area contributed by atoms with E-state index in [9.17, 15) is 9.18 Å². The molecule has 0 atom stereocenters. The van der Waals surface area contributed by atoms with E-state index in [2.05, 4.69) is 10.2 Å². The first-order chi connectivity index (χ1) is 9.58. The maximum absolute atomic E-state index is 13.6. The fourth-order valence-electron chi connectivity index (χ4n) is 2.08. The lowest BCUT2D eigenvalue weighted by atomic mass is 10.1. The lowest BCUT2D eigenvalue weighted by molar-refractivity contribution is 0.0398. The Balaban J connectivity index is 1.92. The molecule has 0 unspecified atom stereocenters. The monoisotopic (exact) mass is 283 g/mol. The molecule has 1 heterocycles. The largest absolute Gasteiger partial charge is 0.478 e. The van der Waals surface area contributed by atoms with E-state index in [-0.39, 0.29) is 5.69 Å². The number of morpholine rings is 1. The average molecular weight is 283 g/mol. The molecule has 4 N–H and O–H groups in total. The second kappa shape index (κ2) is 6.53. The van der Waals surface area contributed by atoms with Crippen LogP contribution in [0, 0.1) is 5.82 Å². The van der Waals surface area contributed by atoms with Crippen LogP contribution < -0.4 is 11.1 Å². The van der Waals surface area contributed by atoms with Gasteiger partial charge in [-0.1, -0.05) is 0 Å². The molecule has 0 saturated carbocycles. The van der Waals surface area contributed by atoms with Gasteiger partial charge in [0, 0.05) is 26.2 Å². The number of anilines is 2. The molecule has 0 bridgehead atoms. The smallest absolute Gasteiger partial charge is 0.338 e. The zero-order valence-electron chi connectivity index (χ0n) is 11.1. The molecule has 1 aromatic rings. The summed E-state index contributed by atoms with van der Waals surface area (Å²) in [5.74, 6) is -2.12. The van der Waals surface area contributed by atoms with E-state index in [1.807, 2.05) is 0 Å². The third kappa shape index (κ3) is 3.58. The summed E-state index contributed by atoms with van der Waals surface area (Å²) < 4.78 is 18.8. The van der Waals surface area contributed by atoms with E-state index >= 15 is 0 Å². The summed E-state index contributed by atoms with van der Waals surface area (Å²) in [7, 11) is 0. The number of rotatable bonds is 5. The Hall–Kier alpha value is -1.86. The number of aromatic carboxylic acids is 1. The van der Waals surface area contributed by atoms with Crippen molar-refractivity contribution in [3.63, 3.8) is 0 Å². The number of hydrogen-bond acceptors (Lipinski definition) is 5. The van der Waals surface area contributed by atoms with Gasteiger partial charge in [0.05, 0.1) is 30.2 Å². The molecule has 2 rings (SSSR count). The SMILES string of the molecule is Nc1cc(C(=O)O)c(F)cc1NCCN1CCOCC1. The van der Waals surface area contributed by atoms with Crippen molar-refractivity contribution in [3.05, 3.63) is 23.5 Å². The predicted molar refractivity (Wildman–Crippen MR) is 73.5 cm³/mol. The third-order valence-electron chi connectivity index (χ3n) is 3.22. The van der Waals surface area contributed by atoms with Crippen LogP contribution in [0.4, 0.5) is 15.8 Å². The fraction of sp³-hybridized carbons (Fsp3) is 0.462. The van der Waals surface area contributed by atoms with E-state index in [1.54, 1.807) is 0 Å². The van der Waals surface area contributed by atoms with Crippen LogP contribution in [0.2, 0.25) is 0 Å². The van der Waals surface area contributed by atoms with Crippen molar-refractivity contribution in [2.24, 2.45) is 0 Å². The quantitative estimate of drug-likeness (QED) is 0.694. The molecular weight excluding hydrogens is 265 g/mol. The number of ether oxygens (including phenoxy) is 1. The highest BCUT2D eigenvalue weighted by molar-refractivity contribution is 5.90. The molecule has 0 amide bonds. The first-order valence-electron chi connectivity index (χ1n) is 6.44. The molecule has 0 radical (unpaired) electrons. The summed E-state index contributed by atoms with van der Waals surface area (Å²) in [6, 6.07) is 2.26. The standard InChI is InChI=1S/C13H18FN3O3/c14-10-8-12(11(15)7-9(10)13(18)19)16-1-2-17-3-5-20-6-4-17/h7-8,16H,1-6,15H2,(H,18,19). The number of carboxylic acid groups (broad SMARTS) is 1. The highest BCUT2D eigenvalue weighted by Gasteiger charge is 2.14. The van der Waals surface area contributed by atoms with Crippen LogP contribution in [-0.4, -0.2) is 55.4 Å². The van der Waals surface area contributed by atoms with Gasteiger partial charge < -0.3 is 20.9 Å². The molecule has 0 aromatic heterocycles. The van der Waals surface area contributed by atoms with Crippen LogP contribution in [-0.2, 0) is 4.74 Å². The highest BCUT2D eigenvalue weighted by Crippen LogP contribution is 2.22. The van der Waals surface area contributed by atoms with Gasteiger partial charge in [-0.15, -0.1) is 0 Å². The highest BCUT2D eigenvalue weighted by atomic mass is 19.1. The van der Waals surface area contributed by atoms with Gasteiger partial charge in [0.2, 0.25) is 0 Å². The van der Waals surface area contributed by atoms with E-state index in [4.69, 9.17) is 15.6 Å². The van der Waals surface area contributed by atoms with Crippen LogP contribution in [0.25, 0.3) is 0 Å². The normalized spacial score (nSPS) is 16.1. The maximum Gasteiger partial charge on any atom is 0.338 e. The van der Waals surface area contributed by atoms with Gasteiger partial charge in [-0.25, -0.2) is 9.18 Å². The molecule has 1 saturated heterocycles. The van der Waals surface area contributed by atoms with Crippen molar-refractivity contribution >= 4 is 17.3 Å². The molecule has 7 heteroatoms. The Morgan fingerprint density at radius 3 is 2.80 bits per heavy atom. The first kappa shape index (κ1) is 14.5. The topological polar surface area (TPSA) is 87.8 Å². The van der Waals surface area contributed by atoms with Crippen molar-refractivity contribution < 1.29 is 19.0 Å². The molecule has 0 aliphatic carbocycles. The third-order valence-corrected chi connectivity index (χ3v) is 3.22. The van der Waals surface area contributed by atoms with Crippen molar-refractivity contribution in [2.75, 3.05) is 50.4 Å². The Kier molecular flexibility index (Phi) is 4.75. The van der Waals surface area contributed by atoms with Gasteiger partial charge in [0.1, 0.15) is 5.82 Å². The van der Waals surface area contributed by atoms with Crippen molar-refractivity contribution in [2.45, 2.75) is 0 Å².